The number of rotatable bonds is 4. The molecule has 3 N–H and O–H groups in total. The summed E-state index contributed by atoms with van der Waals surface area (Å²) in [4.78, 5) is 0. The lowest BCUT2D eigenvalue weighted by Crippen LogP contribution is -2.37. The summed E-state index contributed by atoms with van der Waals surface area (Å²) in [5, 5.41) is 10.1. The number of hydrogen-bond acceptors (Lipinski definition) is 3. The van der Waals surface area contributed by atoms with Crippen molar-refractivity contribution in [2.24, 2.45) is 11.7 Å². The summed E-state index contributed by atoms with van der Waals surface area (Å²) in [6.07, 6.45) is -2.95. The van der Waals surface area contributed by atoms with Gasteiger partial charge in [-0.25, -0.2) is 0 Å². The SMILES string of the molecule is Cl.N[C@H](c1cc(Br)ccc1OC(F)(F)F)[C@@H](O)C1CCC1. The summed E-state index contributed by atoms with van der Waals surface area (Å²) in [5.41, 5.74) is 6.07. The number of aliphatic hydroxyl groups excluding tert-OH is 1. The fourth-order valence-corrected chi connectivity index (χ4v) is 2.63. The normalized spacial score (nSPS) is 18.4. The van der Waals surface area contributed by atoms with Gasteiger partial charge in [-0.1, -0.05) is 22.4 Å². The van der Waals surface area contributed by atoms with Crippen LogP contribution in [0.4, 0.5) is 13.2 Å². The largest absolute Gasteiger partial charge is 0.573 e. The van der Waals surface area contributed by atoms with E-state index in [1.165, 1.54) is 18.2 Å². The predicted octanol–water partition coefficient (Wildman–Crippen LogP) is 3.93. The van der Waals surface area contributed by atoms with Gasteiger partial charge in [0.2, 0.25) is 0 Å². The van der Waals surface area contributed by atoms with Gasteiger partial charge in [-0.05, 0) is 37.0 Å². The van der Waals surface area contributed by atoms with E-state index in [1.807, 2.05) is 0 Å². The van der Waals surface area contributed by atoms with Crippen LogP contribution in [0.5, 0.6) is 5.75 Å². The minimum absolute atomic E-state index is 0. The van der Waals surface area contributed by atoms with E-state index in [9.17, 15) is 18.3 Å². The van der Waals surface area contributed by atoms with Crippen LogP contribution >= 0.6 is 28.3 Å². The van der Waals surface area contributed by atoms with Crippen molar-refractivity contribution in [3.63, 3.8) is 0 Å². The molecule has 1 saturated carbocycles. The van der Waals surface area contributed by atoms with Gasteiger partial charge in [0.05, 0.1) is 12.1 Å². The first-order valence-corrected chi connectivity index (χ1v) is 7.06. The molecule has 120 valence electrons. The van der Waals surface area contributed by atoms with Crippen molar-refractivity contribution < 1.29 is 23.0 Å². The Hall–Kier alpha value is -0.500. The Balaban J connectivity index is 0.00000220. The van der Waals surface area contributed by atoms with E-state index in [0.717, 1.165) is 19.3 Å². The van der Waals surface area contributed by atoms with Crippen LogP contribution in [0.15, 0.2) is 22.7 Å². The molecule has 0 heterocycles. The molecule has 1 aliphatic rings. The molecule has 8 heteroatoms. The predicted molar refractivity (Wildman–Crippen MR) is 78.3 cm³/mol. The Labute approximate surface area is 135 Å². The minimum atomic E-state index is -4.79. The molecule has 2 atom stereocenters. The van der Waals surface area contributed by atoms with E-state index >= 15 is 0 Å². The molecule has 0 bridgehead atoms. The lowest BCUT2D eigenvalue weighted by Gasteiger charge is -2.34. The second-order valence-electron chi connectivity index (χ2n) is 4.94. The van der Waals surface area contributed by atoms with Crippen molar-refractivity contribution in [1.29, 1.82) is 0 Å². The molecule has 3 nitrogen and oxygen atoms in total. The van der Waals surface area contributed by atoms with Gasteiger partial charge in [0, 0.05) is 10.0 Å². The molecule has 0 saturated heterocycles. The summed E-state index contributed by atoms with van der Waals surface area (Å²) in [6.45, 7) is 0. The third kappa shape index (κ3) is 4.74. The second-order valence-corrected chi connectivity index (χ2v) is 5.85. The fourth-order valence-electron chi connectivity index (χ4n) is 2.26. The highest BCUT2D eigenvalue weighted by atomic mass is 79.9. The van der Waals surface area contributed by atoms with Crippen molar-refractivity contribution >= 4 is 28.3 Å². The molecule has 2 rings (SSSR count). The quantitative estimate of drug-likeness (QED) is 0.819. The second kappa shape index (κ2) is 7.17. The third-order valence-corrected chi connectivity index (χ3v) is 4.05. The lowest BCUT2D eigenvalue weighted by molar-refractivity contribution is -0.275. The van der Waals surface area contributed by atoms with Gasteiger partial charge in [0.1, 0.15) is 5.75 Å². The molecule has 1 aromatic rings. The standard InChI is InChI=1S/C13H15BrF3NO2.ClH/c14-8-4-5-10(20-13(15,16)17)9(6-8)11(18)12(19)7-2-1-3-7;/h4-7,11-12,19H,1-3,18H2;1H/t11-,12+;/m1./s1. The average molecular weight is 391 g/mol. The lowest BCUT2D eigenvalue weighted by atomic mass is 9.77. The monoisotopic (exact) mass is 389 g/mol. The molecular formula is C13H16BrClF3NO2. The molecule has 1 aliphatic carbocycles. The van der Waals surface area contributed by atoms with Crippen LogP contribution in [0.25, 0.3) is 0 Å². The molecule has 1 fully saturated rings. The van der Waals surface area contributed by atoms with Gasteiger partial charge in [-0.3, -0.25) is 0 Å². The van der Waals surface area contributed by atoms with Crippen LogP contribution in [0.2, 0.25) is 0 Å². The van der Waals surface area contributed by atoms with Crippen molar-refractivity contribution in [3.8, 4) is 5.75 Å². The summed E-state index contributed by atoms with van der Waals surface area (Å²) < 4.78 is 41.7. The highest BCUT2D eigenvalue weighted by Crippen LogP contribution is 2.38. The molecular weight excluding hydrogens is 374 g/mol. The highest BCUT2D eigenvalue weighted by Gasteiger charge is 2.36. The van der Waals surface area contributed by atoms with Crippen molar-refractivity contribution in [2.75, 3.05) is 0 Å². The molecule has 0 aromatic heterocycles. The molecule has 0 radical (unpaired) electrons. The first-order chi connectivity index (χ1) is 9.28. The number of benzene rings is 1. The maximum absolute atomic E-state index is 12.4. The van der Waals surface area contributed by atoms with E-state index in [-0.39, 0.29) is 29.6 Å². The van der Waals surface area contributed by atoms with Crippen LogP contribution < -0.4 is 10.5 Å². The molecule has 0 unspecified atom stereocenters. The molecule has 21 heavy (non-hydrogen) atoms. The number of nitrogens with two attached hydrogens (primary N) is 1. The van der Waals surface area contributed by atoms with Gasteiger partial charge in [0.15, 0.2) is 0 Å². The van der Waals surface area contributed by atoms with E-state index in [4.69, 9.17) is 5.73 Å². The zero-order valence-electron chi connectivity index (χ0n) is 10.9. The summed E-state index contributed by atoms with van der Waals surface area (Å²) in [5.74, 6) is -0.325. The van der Waals surface area contributed by atoms with Gasteiger partial charge in [-0.2, -0.15) is 0 Å². The average Bonchev–Trinajstić information content (AvgIpc) is 2.26. The third-order valence-electron chi connectivity index (χ3n) is 3.56. The van der Waals surface area contributed by atoms with Crippen molar-refractivity contribution in [3.05, 3.63) is 28.2 Å². The van der Waals surface area contributed by atoms with Gasteiger partial charge >= 0.3 is 6.36 Å². The van der Waals surface area contributed by atoms with Gasteiger partial charge in [0.25, 0.3) is 0 Å². The van der Waals surface area contributed by atoms with E-state index < -0.39 is 18.5 Å². The molecule has 0 spiro atoms. The zero-order chi connectivity index (χ0) is 14.9. The Bertz CT molecular complexity index is 483. The van der Waals surface area contributed by atoms with Crippen molar-refractivity contribution in [1.82, 2.24) is 0 Å². The maximum Gasteiger partial charge on any atom is 0.573 e. The van der Waals surface area contributed by atoms with E-state index in [0.29, 0.717) is 4.47 Å². The summed E-state index contributed by atoms with van der Waals surface area (Å²) >= 11 is 3.19. The number of hydrogen-bond donors (Lipinski definition) is 2. The Morgan fingerprint density at radius 2 is 1.95 bits per heavy atom. The van der Waals surface area contributed by atoms with Crippen LogP contribution in [0, 0.1) is 5.92 Å². The number of aliphatic hydroxyl groups is 1. The summed E-state index contributed by atoms with van der Waals surface area (Å²) in [7, 11) is 0. The van der Waals surface area contributed by atoms with Crippen LogP contribution in [0.3, 0.4) is 0 Å². The van der Waals surface area contributed by atoms with E-state index in [1.54, 1.807) is 0 Å². The van der Waals surface area contributed by atoms with E-state index in [2.05, 4.69) is 20.7 Å². The Morgan fingerprint density at radius 1 is 1.33 bits per heavy atom. The smallest absolute Gasteiger partial charge is 0.405 e. The zero-order valence-corrected chi connectivity index (χ0v) is 13.3. The van der Waals surface area contributed by atoms with Gasteiger partial charge in [-0.15, -0.1) is 25.6 Å². The number of halogens is 5. The maximum atomic E-state index is 12.4. The minimum Gasteiger partial charge on any atom is -0.405 e. The fraction of sp³-hybridized carbons (Fsp3) is 0.538. The summed E-state index contributed by atoms with van der Waals surface area (Å²) in [6, 6.07) is 3.18. The molecule has 0 amide bonds. The van der Waals surface area contributed by atoms with Crippen LogP contribution in [0.1, 0.15) is 30.9 Å². The first-order valence-electron chi connectivity index (χ1n) is 6.27. The van der Waals surface area contributed by atoms with Crippen LogP contribution in [-0.4, -0.2) is 17.6 Å². The number of ether oxygens (including phenoxy) is 1. The highest BCUT2D eigenvalue weighted by molar-refractivity contribution is 9.10. The van der Waals surface area contributed by atoms with Gasteiger partial charge < -0.3 is 15.6 Å². The van der Waals surface area contributed by atoms with Crippen LogP contribution in [-0.2, 0) is 0 Å². The Kier molecular flexibility index (Phi) is 6.34. The van der Waals surface area contributed by atoms with Crippen molar-refractivity contribution in [2.45, 2.75) is 37.8 Å². The Morgan fingerprint density at radius 3 is 2.43 bits per heavy atom. The molecule has 1 aromatic carbocycles. The number of alkyl halides is 3. The molecule has 0 aliphatic heterocycles. The topological polar surface area (TPSA) is 55.5 Å². The first kappa shape index (κ1) is 18.5.